The first kappa shape index (κ1) is 13.6. The van der Waals surface area contributed by atoms with Gasteiger partial charge in [0, 0.05) is 29.9 Å². The van der Waals surface area contributed by atoms with Gasteiger partial charge in [-0.25, -0.2) is 8.78 Å². The predicted octanol–water partition coefficient (Wildman–Crippen LogP) is 3.42. The van der Waals surface area contributed by atoms with E-state index in [0.29, 0.717) is 5.56 Å². The molecule has 2 aromatic rings. The highest BCUT2D eigenvalue weighted by atomic mass is 19.1. The van der Waals surface area contributed by atoms with E-state index in [1.807, 2.05) is 19.1 Å². The largest absolute Gasteiger partial charge is 0.312 e. The first-order chi connectivity index (χ1) is 9.13. The van der Waals surface area contributed by atoms with E-state index in [1.165, 1.54) is 6.07 Å². The second-order valence-electron chi connectivity index (χ2n) is 4.50. The third kappa shape index (κ3) is 2.96. The maximum Gasteiger partial charge on any atom is 0.128 e. The molecule has 0 fully saturated rings. The lowest BCUT2D eigenvalue weighted by atomic mass is 9.89. The summed E-state index contributed by atoms with van der Waals surface area (Å²) in [6.45, 7) is 1.97. The van der Waals surface area contributed by atoms with E-state index in [1.54, 1.807) is 19.4 Å². The van der Waals surface area contributed by atoms with Crippen LogP contribution >= 0.6 is 0 Å². The topological polar surface area (TPSA) is 24.9 Å². The summed E-state index contributed by atoms with van der Waals surface area (Å²) in [4.78, 5) is 3.96. The van der Waals surface area contributed by atoms with Crippen LogP contribution in [0.4, 0.5) is 8.78 Å². The number of hydrogen-bond donors (Lipinski definition) is 1. The fourth-order valence-electron chi connectivity index (χ4n) is 2.29. The summed E-state index contributed by atoms with van der Waals surface area (Å²) in [7, 11) is 1.74. The first-order valence-electron chi connectivity index (χ1n) is 6.15. The third-order valence-corrected chi connectivity index (χ3v) is 3.34. The minimum atomic E-state index is -0.432. The Morgan fingerprint density at radius 2 is 1.79 bits per heavy atom. The Morgan fingerprint density at radius 3 is 2.42 bits per heavy atom. The van der Waals surface area contributed by atoms with Gasteiger partial charge in [0.05, 0.1) is 0 Å². The van der Waals surface area contributed by atoms with Gasteiger partial charge in [0.25, 0.3) is 0 Å². The van der Waals surface area contributed by atoms with Gasteiger partial charge in [-0.1, -0.05) is 6.92 Å². The lowest BCUT2D eigenvalue weighted by Gasteiger charge is -2.24. The van der Waals surface area contributed by atoms with E-state index in [4.69, 9.17) is 0 Å². The van der Waals surface area contributed by atoms with Gasteiger partial charge in [-0.05, 0) is 42.9 Å². The van der Waals surface area contributed by atoms with Crippen molar-refractivity contribution in [3.05, 3.63) is 65.5 Å². The molecule has 0 bridgehead atoms. The van der Waals surface area contributed by atoms with Crippen LogP contribution in [0.15, 0.2) is 42.7 Å². The van der Waals surface area contributed by atoms with Gasteiger partial charge >= 0.3 is 0 Å². The number of likely N-dealkylation sites (N-methyl/N-ethyl adjacent to an activating group) is 1. The molecule has 0 saturated carbocycles. The monoisotopic (exact) mass is 262 g/mol. The van der Waals surface area contributed by atoms with E-state index >= 15 is 0 Å². The lowest BCUT2D eigenvalue weighted by Crippen LogP contribution is -2.23. The predicted molar refractivity (Wildman–Crippen MR) is 70.8 cm³/mol. The Morgan fingerprint density at radius 1 is 1.11 bits per heavy atom. The van der Waals surface area contributed by atoms with Gasteiger partial charge in [-0.3, -0.25) is 4.98 Å². The van der Waals surface area contributed by atoms with Gasteiger partial charge in [-0.15, -0.1) is 0 Å². The van der Waals surface area contributed by atoms with Crippen LogP contribution in [0.3, 0.4) is 0 Å². The number of rotatable bonds is 4. The fourth-order valence-corrected chi connectivity index (χ4v) is 2.29. The molecule has 2 nitrogen and oxygen atoms in total. The van der Waals surface area contributed by atoms with Crippen LogP contribution in [0.1, 0.15) is 30.0 Å². The average Bonchev–Trinajstić information content (AvgIpc) is 2.44. The molecule has 1 aromatic heterocycles. The number of hydrogen-bond acceptors (Lipinski definition) is 2. The molecule has 1 heterocycles. The molecule has 0 radical (unpaired) electrons. The van der Waals surface area contributed by atoms with E-state index in [0.717, 1.165) is 17.7 Å². The molecule has 100 valence electrons. The third-order valence-electron chi connectivity index (χ3n) is 3.34. The molecule has 0 aliphatic rings. The molecule has 0 amide bonds. The average molecular weight is 262 g/mol. The Hall–Kier alpha value is -1.81. The number of aromatic nitrogens is 1. The summed E-state index contributed by atoms with van der Waals surface area (Å²) in [5.74, 6) is -0.829. The molecular weight excluding hydrogens is 246 g/mol. The van der Waals surface area contributed by atoms with Crippen LogP contribution in [-0.2, 0) is 0 Å². The summed E-state index contributed by atoms with van der Waals surface area (Å²) in [6, 6.07) is 7.00. The number of nitrogens with one attached hydrogen (secondary N) is 1. The van der Waals surface area contributed by atoms with Crippen molar-refractivity contribution in [2.24, 2.45) is 0 Å². The highest BCUT2D eigenvalue weighted by molar-refractivity contribution is 5.28. The second kappa shape index (κ2) is 5.89. The van der Waals surface area contributed by atoms with Gasteiger partial charge in [0.15, 0.2) is 0 Å². The summed E-state index contributed by atoms with van der Waals surface area (Å²) in [6.07, 6.45) is 3.39. The smallest absolute Gasteiger partial charge is 0.128 e. The summed E-state index contributed by atoms with van der Waals surface area (Å²) >= 11 is 0. The molecule has 2 atom stereocenters. The Bertz CT molecular complexity index is 543. The lowest BCUT2D eigenvalue weighted by molar-refractivity contribution is 0.472. The molecule has 0 saturated heterocycles. The van der Waals surface area contributed by atoms with Crippen LogP contribution in [-0.4, -0.2) is 12.0 Å². The molecule has 2 rings (SSSR count). The van der Waals surface area contributed by atoms with Crippen molar-refractivity contribution in [3.63, 3.8) is 0 Å². The van der Waals surface area contributed by atoms with Crippen LogP contribution in [0.5, 0.6) is 0 Å². The van der Waals surface area contributed by atoms with E-state index in [-0.39, 0.29) is 12.0 Å². The zero-order valence-electron chi connectivity index (χ0n) is 10.9. The Balaban J connectivity index is 2.37. The fraction of sp³-hybridized carbons (Fsp3) is 0.267. The molecular formula is C15H16F2N2. The second-order valence-corrected chi connectivity index (χ2v) is 4.50. The van der Waals surface area contributed by atoms with E-state index in [2.05, 4.69) is 10.3 Å². The number of halogens is 2. The SMILES string of the molecule is CNC(c1cc(F)ccc1F)C(C)c1ccncc1. The molecule has 0 spiro atoms. The van der Waals surface area contributed by atoms with Crippen molar-refractivity contribution >= 4 is 0 Å². The van der Waals surface area contributed by atoms with Gasteiger partial charge in [0.2, 0.25) is 0 Å². The van der Waals surface area contributed by atoms with Crippen LogP contribution in [0.25, 0.3) is 0 Å². The van der Waals surface area contributed by atoms with Crippen molar-refractivity contribution < 1.29 is 8.78 Å². The highest BCUT2D eigenvalue weighted by Crippen LogP contribution is 2.31. The van der Waals surface area contributed by atoms with E-state index < -0.39 is 11.6 Å². The molecule has 0 aliphatic carbocycles. The Kier molecular flexibility index (Phi) is 4.22. The first-order valence-corrected chi connectivity index (χ1v) is 6.15. The van der Waals surface area contributed by atoms with Crippen molar-refractivity contribution in [3.8, 4) is 0 Å². The molecule has 1 N–H and O–H groups in total. The molecule has 4 heteroatoms. The van der Waals surface area contributed by atoms with Crippen LogP contribution in [0, 0.1) is 11.6 Å². The van der Waals surface area contributed by atoms with Crippen molar-refractivity contribution in [2.75, 3.05) is 7.05 Å². The molecule has 19 heavy (non-hydrogen) atoms. The zero-order valence-corrected chi connectivity index (χ0v) is 10.9. The summed E-state index contributed by atoms with van der Waals surface area (Å²) in [5.41, 5.74) is 1.37. The summed E-state index contributed by atoms with van der Waals surface area (Å²) < 4.78 is 27.2. The number of pyridine rings is 1. The number of nitrogens with zero attached hydrogens (tertiary/aromatic N) is 1. The van der Waals surface area contributed by atoms with Gasteiger partial charge in [-0.2, -0.15) is 0 Å². The van der Waals surface area contributed by atoms with Crippen molar-refractivity contribution in [2.45, 2.75) is 18.9 Å². The minimum absolute atomic E-state index is 0.00398. The summed E-state index contributed by atoms with van der Waals surface area (Å²) in [5, 5.41) is 3.06. The van der Waals surface area contributed by atoms with Gasteiger partial charge < -0.3 is 5.32 Å². The van der Waals surface area contributed by atoms with Crippen LogP contribution in [0.2, 0.25) is 0 Å². The molecule has 2 unspecified atom stereocenters. The minimum Gasteiger partial charge on any atom is -0.312 e. The van der Waals surface area contributed by atoms with E-state index in [9.17, 15) is 8.78 Å². The van der Waals surface area contributed by atoms with Gasteiger partial charge in [0.1, 0.15) is 11.6 Å². The normalized spacial score (nSPS) is 14.1. The highest BCUT2D eigenvalue weighted by Gasteiger charge is 2.22. The maximum atomic E-state index is 13.9. The maximum absolute atomic E-state index is 13.9. The standard InChI is InChI=1S/C15H16F2N2/c1-10(11-5-7-19-8-6-11)15(18-2)13-9-12(16)3-4-14(13)17/h3-10,15,18H,1-2H3. The van der Waals surface area contributed by atoms with Crippen LogP contribution < -0.4 is 5.32 Å². The number of benzene rings is 1. The van der Waals surface area contributed by atoms with Crippen molar-refractivity contribution in [1.82, 2.24) is 10.3 Å². The zero-order chi connectivity index (χ0) is 13.8. The Labute approximate surface area is 111 Å². The van der Waals surface area contributed by atoms with Crippen molar-refractivity contribution in [1.29, 1.82) is 0 Å². The molecule has 1 aromatic carbocycles. The quantitative estimate of drug-likeness (QED) is 0.913. The molecule has 0 aliphatic heterocycles.